The van der Waals surface area contributed by atoms with E-state index in [0.717, 1.165) is 116 Å². The molecule has 0 aliphatic carbocycles. The fraction of sp³-hybridized carbons (Fsp3) is 0.797. The van der Waals surface area contributed by atoms with Gasteiger partial charge in [0.2, 0.25) is 0 Å². The van der Waals surface area contributed by atoms with Gasteiger partial charge in [0, 0.05) is 19.3 Å². The molecular weight excluding hydrogens is 985 g/mol. The zero-order valence-electron chi connectivity index (χ0n) is 53.3. The van der Waals surface area contributed by atoms with Gasteiger partial charge in [0.15, 0.2) is 6.10 Å². The van der Waals surface area contributed by atoms with Gasteiger partial charge in [0.05, 0.1) is 0 Å². The van der Waals surface area contributed by atoms with Crippen LogP contribution in [-0.4, -0.2) is 37.2 Å². The van der Waals surface area contributed by atoms with Crippen molar-refractivity contribution in [2.45, 2.75) is 367 Å². The topological polar surface area (TPSA) is 78.9 Å². The van der Waals surface area contributed by atoms with E-state index in [1.165, 1.54) is 205 Å². The molecule has 0 fully saturated rings. The smallest absolute Gasteiger partial charge is 0.306 e. The van der Waals surface area contributed by atoms with Crippen LogP contribution in [0.15, 0.2) is 72.9 Å². The maximum absolute atomic E-state index is 12.9. The van der Waals surface area contributed by atoms with Gasteiger partial charge in [-0.05, 0) is 83.5 Å². The first kappa shape index (κ1) is 76.9. The van der Waals surface area contributed by atoms with E-state index in [2.05, 4.69) is 93.7 Å². The van der Waals surface area contributed by atoms with Crippen LogP contribution in [0.1, 0.15) is 361 Å². The highest BCUT2D eigenvalue weighted by Crippen LogP contribution is 2.18. The SMILES string of the molecule is CC/C=C\C/C=C\C/C=C\C/C=C\CCCCCCCCC(=O)OC(COC(=O)CCCCCCC/C=C\C/C=C\CCCC)COC(=O)CCCCCCCCCCCCCCCCCCCCCCCCCCCCCCC. The third kappa shape index (κ3) is 65.7. The summed E-state index contributed by atoms with van der Waals surface area (Å²) < 4.78 is 16.9. The molecule has 0 bridgehead atoms. The van der Waals surface area contributed by atoms with Gasteiger partial charge in [-0.1, -0.05) is 331 Å². The minimum Gasteiger partial charge on any atom is -0.462 e. The van der Waals surface area contributed by atoms with E-state index in [1.54, 1.807) is 0 Å². The monoisotopic (exact) mass is 1120 g/mol. The molecule has 1 unspecified atom stereocenters. The summed E-state index contributed by atoms with van der Waals surface area (Å²) >= 11 is 0. The van der Waals surface area contributed by atoms with Crippen LogP contribution in [0.4, 0.5) is 0 Å². The van der Waals surface area contributed by atoms with E-state index in [4.69, 9.17) is 14.2 Å². The Labute approximate surface area is 497 Å². The van der Waals surface area contributed by atoms with Crippen molar-refractivity contribution >= 4 is 17.9 Å². The van der Waals surface area contributed by atoms with Crippen LogP contribution in [0.2, 0.25) is 0 Å². The van der Waals surface area contributed by atoms with Crippen LogP contribution in [-0.2, 0) is 28.6 Å². The predicted molar refractivity (Wildman–Crippen MR) is 348 cm³/mol. The van der Waals surface area contributed by atoms with Gasteiger partial charge in [0.1, 0.15) is 13.2 Å². The van der Waals surface area contributed by atoms with Gasteiger partial charge in [0.25, 0.3) is 0 Å². The molecule has 1 atom stereocenters. The molecule has 0 amide bonds. The van der Waals surface area contributed by atoms with Gasteiger partial charge in [-0.15, -0.1) is 0 Å². The van der Waals surface area contributed by atoms with Crippen LogP contribution >= 0.6 is 0 Å². The van der Waals surface area contributed by atoms with E-state index in [-0.39, 0.29) is 31.1 Å². The van der Waals surface area contributed by atoms with E-state index in [9.17, 15) is 14.4 Å². The number of ether oxygens (including phenoxy) is 3. The van der Waals surface area contributed by atoms with Crippen LogP contribution in [0.5, 0.6) is 0 Å². The van der Waals surface area contributed by atoms with Crippen LogP contribution in [0.25, 0.3) is 0 Å². The van der Waals surface area contributed by atoms with Crippen molar-refractivity contribution in [1.29, 1.82) is 0 Å². The lowest BCUT2D eigenvalue weighted by Gasteiger charge is -2.18. The summed E-state index contributed by atoms with van der Waals surface area (Å²) in [6.07, 6.45) is 89.4. The van der Waals surface area contributed by atoms with Crippen molar-refractivity contribution in [2.75, 3.05) is 13.2 Å². The molecule has 464 valence electrons. The standard InChI is InChI=1S/C74H132O6/c1-4-7-10-13-16-19-22-25-28-30-32-33-34-35-36-37-38-39-40-41-43-44-46-49-52-55-58-61-64-67-73(76)79-70-71(69-78-72(75)66-63-60-57-54-51-48-27-24-21-18-15-12-9-6-3)80-74(77)68-65-62-59-56-53-50-47-45-42-31-29-26-23-20-17-14-11-8-5-2/h8,11,15,17-18,20,24,26-27,29,42,45,71H,4-7,9-10,12-14,16,19,21-23,25,28,30-41,43-44,46-70H2,1-3H3/b11-8-,18-15-,20-17-,27-24-,29-26-,45-42-. The van der Waals surface area contributed by atoms with Gasteiger partial charge >= 0.3 is 17.9 Å². The average Bonchev–Trinajstić information content (AvgIpc) is 3.46. The van der Waals surface area contributed by atoms with Gasteiger partial charge < -0.3 is 14.2 Å². The molecule has 80 heavy (non-hydrogen) atoms. The summed E-state index contributed by atoms with van der Waals surface area (Å²) in [5.41, 5.74) is 0. The molecule has 0 radical (unpaired) electrons. The molecule has 0 spiro atoms. The number of esters is 3. The molecule has 0 saturated heterocycles. The van der Waals surface area contributed by atoms with Crippen molar-refractivity contribution in [1.82, 2.24) is 0 Å². The Hall–Kier alpha value is -3.15. The summed E-state index contributed by atoms with van der Waals surface area (Å²) in [6, 6.07) is 0. The maximum Gasteiger partial charge on any atom is 0.306 e. The third-order valence-corrected chi connectivity index (χ3v) is 15.4. The van der Waals surface area contributed by atoms with E-state index in [0.29, 0.717) is 19.3 Å². The fourth-order valence-electron chi connectivity index (χ4n) is 10.2. The highest BCUT2D eigenvalue weighted by molar-refractivity contribution is 5.71. The van der Waals surface area contributed by atoms with E-state index in [1.807, 2.05) is 0 Å². The normalized spacial score (nSPS) is 12.5. The van der Waals surface area contributed by atoms with Gasteiger partial charge in [-0.2, -0.15) is 0 Å². The second-order valence-corrected chi connectivity index (χ2v) is 23.4. The second kappa shape index (κ2) is 68.3. The summed E-state index contributed by atoms with van der Waals surface area (Å²) in [7, 11) is 0. The van der Waals surface area contributed by atoms with Crippen LogP contribution in [0.3, 0.4) is 0 Å². The highest BCUT2D eigenvalue weighted by atomic mass is 16.6. The van der Waals surface area contributed by atoms with Crippen molar-refractivity contribution in [3.05, 3.63) is 72.9 Å². The van der Waals surface area contributed by atoms with Crippen molar-refractivity contribution in [2.24, 2.45) is 0 Å². The quantitative estimate of drug-likeness (QED) is 0.0261. The molecule has 0 aliphatic heterocycles. The number of hydrogen-bond acceptors (Lipinski definition) is 6. The first-order chi connectivity index (χ1) is 39.5. The van der Waals surface area contributed by atoms with E-state index < -0.39 is 6.10 Å². The Kier molecular flexibility index (Phi) is 65.7. The summed E-state index contributed by atoms with van der Waals surface area (Å²) in [5, 5.41) is 0. The molecule has 0 aromatic carbocycles. The maximum atomic E-state index is 12.9. The zero-order valence-corrected chi connectivity index (χ0v) is 53.3. The summed E-state index contributed by atoms with van der Waals surface area (Å²) in [6.45, 7) is 6.52. The molecule has 0 aliphatic rings. The molecule has 0 saturated carbocycles. The number of allylic oxidation sites excluding steroid dienone is 12. The Morgan fingerprint density at radius 2 is 0.500 bits per heavy atom. The first-order valence-electron chi connectivity index (χ1n) is 34.9. The predicted octanol–water partition coefficient (Wildman–Crippen LogP) is 24.1. The average molecular weight is 1120 g/mol. The molecule has 0 N–H and O–H groups in total. The molecule has 6 nitrogen and oxygen atoms in total. The Bertz CT molecular complexity index is 1470. The minimum absolute atomic E-state index is 0.0831. The molecule has 0 heterocycles. The van der Waals surface area contributed by atoms with E-state index >= 15 is 0 Å². The minimum atomic E-state index is -0.790. The number of carbonyl (C=O) groups is 3. The van der Waals surface area contributed by atoms with Crippen LogP contribution in [0, 0.1) is 0 Å². The Morgan fingerprint density at radius 3 is 0.800 bits per heavy atom. The fourth-order valence-corrected chi connectivity index (χ4v) is 10.2. The molecule has 0 rings (SSSR count). The lowest BCUT2D eigenvalue weighted by Crippen LogP contribution is -2.30. The summed E-state index contributed by atoms with van der Waals surface area (Å²) in [4.78, 5) is 38.4. The lowest BCUT2D eigenvalue weighted by molar-refractivity contribution is -0.167. The Balaban J connectivity index is 4.23. The Morgan fingerprint density at radius 1 is 0.263 bits per heavy atom. The third-order valence-electron chi connectivity index (χ3n) is 15.4. The number of rotatable bonds is 64. The molecule has 0 aromatic heterocycles. The zero-order chi connectivity index (χ0) is 57.8. The van der Waals surface area contributed by atoms with Gasteiger partial charge in [-0.25, -0.2) is 0 Å². The van der Waals surface area contributed by atoms with Crippen molar-refractivity contribution < 1.29 is 28.6 Å². The van der Waals surface area contributed by atoms with Crippen molar-refractivity contribution in [3.8, 4) is 0 Å². The summed E-state index contributed by atoms with van der Waals surface area (Å²) in [5.74, 6) is -0.893. The molecular formula is C74H132O6. The number of carbonyl (C=O) groups excluding carboxylic acids is 3. The number of unbranched alkanes of at least 4 members (excludes halogenated alkanes) is 41. The highest BCUT2D eigenvalue weighted by Gasteiger charge is 2.19. The van der Waals surface area contributed by atoms with Gasteiger partial charge in [-0.3, -0.25) is 14.4 Å². The molecule has 6 heteroatoms. The lowest BCUT2D eigenvalue weighted by atomic mass is 10.0. The first-order valence-corrected chi connectivity index (χ1v) is 34.9. The second-order valence-electron chi connectivity index (χ2n) is 23.4. The largest absolute Gasteiger partial charge is 0.462 e. The molecule has 0 aromatic rings. The number of hydrogen-bond donors (Lipinski definition) is 0. The van der Waals surface area contributed by atoms with Crippen molar-refractivity contribution in [3.63, 3.8) is 0 Å². The van der Waals surface area contributed by atoms with Crippen LogP contribution < -0.4 is 0 Å².